The third-order valence-corrected chi connectivity index (χ3v) is 7.00. The first-order valence-electron chi connectivity index (χ1n) is 9.86. The highest BCUT2D eigenvalue weighted by Crippen LogP contribution is 2.24. The second-order valence-electron chi connectivity index (χ2n) is 7.29. The van der Waals surface area contributed by atoms with Crippen LogP contribution in [-0.4, -0.2) is 32.5 Å². The van der Waals surface area contributed by atoms with Crippen LogP contribution in [0.25, 0.3) is 0 Å². The van der Waals surface area contributed by atoms with E-state index in [4.69, 9.17) is 23.1 Å². The maximum Gasteiger partial charge on any atom is 0.250 e. The molecular formula is C23H24ClN3O4S. The molecule has 168 valence electrons. The molecule has 1 amide bonds. The molecule has 0 aliphatic rings. The predicted octanol–water partition coefficient (Wildman–Crippen LogP) is 2.72. The Morgan fingerprint density at radius 1 is 1.03 bits per heavy atom. The molecule has 0 spiro atoms. The number of halogens is 1. The molecule has 0 bridgehead atoms. The van der Waals surface area contributed by atoms with Crippen molar-refractivity contribution >= 4 is 33.0 Å². The van der Waals surface area contributed by atoms with E-state index in [0.29, 0.717) is 24.5 Å². The van der Waals surface area contributed by atoms with Crippen LogP contribution < -0.4 is 16.8 Å². The number of nitrogens with two attached hydrogens (primary N) is 2. The van der Waals surface area contributed by atoms with E-state index in [1.54, 1.807) is 30.3 Å². The van der Waals surface area contributed by atoms with E-state index in [1.807, 2.05) is 6.07 Å². The smallest absolute Gasteiger partial charge is 0.250 e. The number of primary amides is 1. The summed E-state index contributed by atoms with van der Waals surface area (Å²) in [6.45, 7) is 0.968. The van der Waals surface area contributed by atoms with Crippen molar-refractivity contribution in [1.29, 1.82) is 0 Å². The number of aliphatic hydroxyl groups is 1. The molecule has 0 aliphatic heterocycles. The van der Waals surface area contributed by atoms with Gasteiger partial charge >= 0.3 is 0 Å². The largest absolute Gasteiger partial charge is 0.398 e. The first-order valence-corrected chi connectivity index (χ1v) is 11.7. The van der Waals surface area contributed by atoms with E-state index in [2.05, 4.69) is 5.32 Å². The van der Waals surface area contributed by atoms with Gasteiger partial charge in [-0.3, -0.25) is 4.79 Å². The SMILES string of the molecule is NC(=O)c1cc(S(=O)(=O)c2ccc(CCNC[C@@H](O)c3cccc(Cl)c3)cc2)ccc1N. The Morgan fingerprint density at radius 3 is 2.38 bits per heavy atom. The van der Waals surface area contributed by atoms with Gasteiger partial charge < -0.3 is 21.9 Å². The molecule has 9 heteroatoms. The van der Waals surface area contributed by atoms with Crippen molar-refractivity contribution in [2.75, 3.05) is 18.8 Å². The van der Waals surface area contributed by atoms with Crippen LogP contribution in [0.15, 0.2) is 76.5 Å². The van der Waals surface area contributed by atoms with Gasteiger partial charge in [0.05, 0.1) is 21.5 Å². The maximum atomic E-state index is 12.9. The first-order chi connectivity index (χ1) is 15.2. The number of nitrogen functional groups attached to an aromatic ring is 1. The van der Waals surface area contributed by atoms with E-state index in [9.17, 15) is 18.3 Å². The van der Waals surface area contributed by atoms with Gasteiger partial charge in [-0.2, -0.15) is 0 Å². The fourth-order valence-corrected chi connectivity index (χ4v) is 4.68. The number of amides is 1. The standard InChI is InChI=1S/C23H24ClN3O4S/c24-17-3-1-2-16(12-17)22(28)14-27-11-10-15-4-6-18(7-5-15)32(30,31)19-8-9-21(25)20(13-19)23(26)29/h1-9,12-13,22,27-28H,10-11,14,25H2,(H2,26,29)/t22-/m1/s1. The minimum absolute atomic E-state index is 0.0336. The lowest BCUT2D eigenvalue weighted by Gasteiger charge is -2.13. The highest BCUT2D eigenvalue weighted by atomic mass is 35.5. The molecule has 0 aromatic heterocycles. The van der Waals surface area contributed by atoms with Crippen molar-refractivity contribution in [3.63, 3.8) is 0 Å². The summed E-state index contributed by atoms with van der Waals surface area (Å²) in [5.74, 6) is -0.789. The molecule has 1 atom stereocenters. The second kappa shape index (κ2) is 10.1. The van der Waals surface area contributed by atoms with Crippen molar-refractivity contribution in [3.05, 3.63) is 88.4 Å². The average molecular weight is 474 g/mol. The van der Waals surface area contributed by atoms with Crippen LogP contribution in [0.1, 0.15) is 27.6 Å². The molecule has 3 rings (SSSR count). The van der Waals surface area contributed by atoms with Crippen molar-refractivity contribution in [1.82, 2.24) is 5.32 Å². The number of sulfone groups is 1. The van der Waals surface area contributed by atoms with Crippen LogP contribution in [0.5, 0.6) is 0 Å². The highest BCUT2D eigenvalue weighted by molar-refractivity contribution is 7.91. The van der Waals surface area contributed by atoms with Crippen LogP contribution in [0.3, 0.4) is 0 Å². The van der Waals surface area contributed by atoms with Gasteiger partial charge in [0, 0.05) is 17.3 Å². The minimum Gasteiger partial charge on any atom is -0.398 e. The zero-order valence-corrected chi connectivity index (χ0v) is 18.7. The number of benzene rings is 3. The number of anilines is 1. The Hall–Kier alpha value is -2.91. The number of nitrogens with one attached hydrogen (secondary N) is 1. The molecule has 3 aromatic carbocycles. The summed E-state index contributed by atoms with van der Waals surface area (Å²) in [6.07, 6.45) is -0.0255. The fraction of sp³-hybridized carbons (Fsp3) is 0.174. The third kappa shape index (κ3) is 5.66. The van der Waals surface area contributed by atoms with Crippen molar-refractivity contribution in [2.45, 2.75) is 22.3 Å². The molecule has 0 radical (unpaired) electrons. The summed E-state index contributed by atoms with van der Waals surface area (Å²) in [5.41, 5.74) is 12.7. The van der Waals surface area contributed by atoms with Gasteiger partial charge in [0.25, 0.3) is 5.91 Å². The first kappa shape index (κ1) is 23.7. The van der Waals surface area contributed by atoms with Crippen LogP contribution in [0.2, 0.25) is 5.02 Å². The van der Waals surface area contributed by atoms with Gasteiger partial charge in [0.1, 0.15) is 0 Å². The lowest BCUT2D eigenvalue weighted by Crippen LogP contribution is -2.23. The summed E-state index contributed by atoms with van der Waals surface area (Å²) in [4.78, 5) is 11.5. The number of carbonyl (C=O) groups excluding carboxylic acids is 1. The van der Waals surface area contributed by atoms with Crippen LogP contribution in [-0.2, 0) is 16.3 Å². The summed E-state index contributed by atoms with van der Waals surface area (Å²) in [5, 5.41) is 14.0. The van der Waals surface area contributed by atoms with Crippen molar-refractivity contribution in [2.24, 2.45) is 5.73 Å². The van der Waals surface area contributed by atoms with Gasteiger partial charge in [-0.1, -0.05) is 35.9 Å². The normalized spacial score (nSPS) is 12.4. The lowest BCUT2D eigenvalue weighted by atomic mass is 10.1. The van der Waals surface area contributed by atoms with E-state index in [0.717, 1.165) is 11.1 Å². The quantitative estimate of drug-likeness (QED) is 0.278. The summed E-state index contributed by atoms with van der Waals surface area (Å²) in [6, 6.07) is 17.5. The molecule has 0 unspecified atom stereocenters. The van der Waals surface area contributed by atoms with E-state index < -0.39 is 21.8 Å². The van der Waals surface area contributed by atoms with Gasteiger partial charge in [-0.25, -0.2) is 8.42 Å². The Morgan fingerprint density at radius 2 is 1.72 bits per heavy atom. The highest BCUT2D eigenvalue weighted by Gasteiger charge is 2.20. The minimum atomic E-state index is -3.82. The Balaban J connectivity index is 1.60. The molecule has 32 heavy (non-hydrogen) atoms. The molecular weight excluding hydrogens is 450 g/mol. The molecule has 6 N–H and O–H groups in total. The molecule has 7 nitrogen and oxygen atoms in total. The number of hydrogen-bond acceptors (Lipinski definition) is 6. The molecule has 3 aromatic rings. The average Bonchev–Trinajstić information content (AvgIpc) is 2.77. The second-order valence-corrected chi connectivity index (χ2v) is 9.67. The van der Waals surface area contributed by atoms with Gasteiger partial charge in [0.2, 0.25) is 9.84 Å². The maximum absolute atomic E-state index is 12.9. The zero-order valence-electron chi connectivity index (χ0n) is 17.2. The van der Waals surface area contributed by atoms with Crippen molar-refractivity contribution in [3.8, 4) is 0 Å². The summed E-state index contributed by atoms with van der Waals surface area (Å²) in [7, 11) is -3.82. The van der Waals surface area contributed by atoms with Crippen LogP contribution in [0, 0.1) is 0 Å². The number of carbonyl (C=O) groups is 1. The lowest BCUT2D eigenvalue weighted by molar-refractivity contribution is 0.100. The number of rotatable bonds is 9. The van der Waals surface area contributed by atoms with Gasteiger partial charge in [0.15, 0.2) is 0 Å². The zero-order chi connectivity index (χ0) is 23.3. The van der Waals surface area contributed by atoms with Gasteiger partial charge in [-0.05, 0) is 66.6 Å². The molecule has 0 saturated heterocycles. The molecule has 0 heterocycles. The van der Waals surface area contributed by atoms with Crippen LogP contribution in [0.4, 0.5) is 5.69 Å². The Kier molecular flexibility index (Phi) is 7.52. The van der Waals surface area contributed by atoms with E-state index in [-0.39, 0.29) is 21.0 Å². The molecule has 0 fully saturated rings. The Labute approximate surface area is 191 Å². The molecule has 0 aliphatic carbocycles. The number of hydrogen-bond donors (Lipinski definition) is 4. The van der Waals surface area contributed by atoms with Crippen LogP contribution >= 0.6 is 11.6 Å². The third-order valence-electron chi connectivity index (χ3n) is 5.00. The topological polar surface area (TPSA) is 136 Å². The fourth-order valence-electron chi connectivity index (χ4n) is 3.19. The summed E-state index contributed by atoms with van der Waals surface area (Å²) >= 11 is 5.94. The molecule has 0 saturated carbocycles. The van der Waals surface area contributed by atoms with E-state index in [1.165, 1.54) is 30.3 Å². The monoisotopic (exact) mass is 473 g/mol. The van der Waals surface area contributed by atoms with Gasteiger partial charge in [-0.15, -0.1) is 0 Å². The predicted molar refractivity (Wildman–Crippen MR) is 124 cm³/mol. The summed E-state index contributed by atoms with van der Waals surface area (Å²) < 4.78 is 25.8. The van der Waals surface area contributed by atoms with E-state index >= 15 is 0 Å². The number of aliphatic hydroxyl groups excluding tert-OH is 1. The Bertz CT molecular complexity index is 1210. The van der Waals surface area contributed by atoms with Crippen molar-refractivity contribution < 1.29 is 18.3 Å².